The molecular formula is C37H42F2N8O3. The fourth-order valence-corrected chi connectivity index (χ4v) is 7.15. The average molecular weight is 685 g/mol. The number of anilines is 2. The number of piperazine rings is 1. The van der Waals surface area contributed by atoms with Crippen molar-refractivity contribution in [2.24, 2.45) is 0 Å². The third-order valence-corrected chi connectivity index (χ3v) is 9.96. The summed E-state index contributed by atoms with van der Waals surface area (Å²) in [6.45, 7) is 8.17. The van der Waals surface area contributed by atoms with Gasteiger partial charge in [0.05, 0.1) is 24.4 Å². The van der Waals surface area contributed by atoms with Crippen LogP contribution in [0.1, 0.15) is 51.1 Å². The second-order valence-electron chi connectivity index (χ2n) is 13.0. The van der Waals surface area contributed by atoms with Gasteiger partial charge in [-0.25, -0.2) is 32.5 Å². The molecule has 0 aliphatic carbocycles. The number of hydrogen-bond donors (Lipinski definition) is 0. The van der Waals surface area contributed by atoms with Crippen LogP contribution in [-0.2, 0) is 16.9 Å². The predicted octanol–water partition coefficient (Wildman–Crippen LogP) is 5.74. The van der Waals surface area contributed by atoms with Crippen LogP contribution in [0.25, 0.3) is 5.69 Å². The van der Waals surface area contributed by atoms with E-state index in [4.69, 9.17) is 9.47 Å². The van der Waals surface area contributed by atoms with Gasteiger partial charge < -0.3 is 19.3 Å². The maximum absolute atomic E-state index is 15.0. The summed E-state index contributed by atoms with van der Waals surface area (Å²) in [4.78, 5) is 21.7. The van der Waals surface area contributed by atoms with E-state index in [2.05, 4.69) is 63.1 Å². The number of benzene rings is 3. The topological polar surface area (TPSA) is 95.5 Å². The predicted molar refractivity (Wildman–Crippen MR) is 186 cm³/mol. The Kier molecular flexibility index (Phi) is 9.66. The molecule has 2 fully saturated rings. The summed E-state index contributed by atoms with van der Waals surface area (Å²) >= 11 is 0. The Hall–Kier alpha value is -5.04. The van der Waals surface area contributed by atoms with Crippen LogP contribution in [0.4, 0.5) is 20.2 Å². The van der Waals surface area contributed by atoms with Crippen molar-refractivity contribution < 1.29 is 18.3 Å². The van der Waals surface area contributed by atoms with Crippen molar-refractivity contribution in [2.75, 3.05) is 42.6 Å². The van der Waals surface area contributed by atoms with E-state index < -0.39 is 17.2 Å². The lowest BCUT2D eigenvalue weighted by atomic mass is 9.90. The average Bonchev–Trinajstić information content (AvgIpc) is 3.90. The first kappa shape index (κ1) is 33.5. The summed E-state index contributed by atoms with van der Waals surface area (Å²) in [6.07, 6.45) is 7.23. The number of rotatable bonds is 12. The molecule has 5 aromatic rings. The van der Waals surface area contributed by atoms with Crippen LogP contribution >= 0.6 is 0 Å². The highest BCUT2D eigenvalue weighted by molar-refractivity contribution is 5.54. The Bertz CT molecular complexity index is 1920. The first-order valence-corrected chi connectivity index (χ1v) is 17.3. The molecular weight excluding hydrogens is 642 g/mol. The molecule has 0 radical (unpaired) electrons. The maximum atomic E-state index is 15.0. The number of nitrogens with zero attached hydrogens (tertiary/aromatic N) is 8. The van der Waals surface area contributed by atoms with Crippen molar-refractivity contribution in [2.45, 2.75) is 63.8 Å². The summed E-state index contributed by atoms with van der Waals surface area (Å²) in [5, 5.41) is 8.55. The van der Waals surface area contributed by atoms with E-state index in [-0.39, 0.29) is 24.4 Å². The Morgan fingerprint density at radius 1 is 0.880 bits per heavy atom. The van der Waals surface area contributed by atoms with Crippen LogP contribution in [0, 0.1) is 11.6 Å². The zero-order valence-electron chi connectivity index (χ0n) is 28.4. The van der Waals surface area contributed by atoms with Crippen LogP contribution in [0.3, 0.4) is 0 Å². The largest absolute Gasteiger partial charge is 0.491 e. The summed E-state index contributed by atoms with van der Waals surface area (Å²) in [7, 11) is 0. The van der Waals surface area contributed by atoms with Gasteiger partial charge in [0.25, 0.3) is 0 Å². The van der Waals surface area contributed by atoms with Crippen LogP contribution in [-0.4, -0.2) is 68.0 Å². The molecule has 2 aromatic heterocycles. The highest BCUT2D eigenvalue weighted by Gasteiger charge is 2.44. The molecule has 0 N–H and O–H groups in total. The molecule has 11 nitrogen and oxygen atoms in total. The van der Waals surface area contributed by atoms with E-state index in [1.807, 2.05) is 24.3 Å². The first-order chi connectivity index (χ1) is 24.4. The molecule has 2 aliphatic heterocycles. The smallest absolute Gasteiger partial charge is 0.350 e. The molecule has 0 amide bonds. The van der Waals surface area contributed by atoms with E-state index in [1.165, 1.54) is 18.5 Å². The van der Waals surface area contributed by atoms with Gasteiger partial charge in [-0.3, -0.25) is 0 Å². The fourth-order valence-electron chi connectivity index (χ4n) is 7.15. The van der Waals surface area contributed by atoms with Crippen molar-refractivity contribution >= 4 is 11.4 Å². The van der Waals surface area contributed by atoms with E-state index in [0.29, 0.717) is 25.0 Å². The number of aromatic nitrogens is 6. The third-order valence-electron chi connectivity index (χ3n) is 9.96. The quantitative estimate of drug-likeness (QED) is 0.164. The van der Waals surface area contributed by atoms with Crippen molar-refractivity contribution in [3.05, 3.63) is 113 Å². The van der Waals surface area contributed by atoms with Gasteiger partial charge in [-0.2, -0.15) is 10.2 Å². The molecule has 50 heavy (non-hydrogen) atoms. The highest BCUT2D eigenvalue weighted by atomic mass is 19.1. The van der Waals surface area contributed by atoms with Crippen LogP contribution < -0.4 is 20.2 Å². The summed E-state index contributed by atoms with van der Waals surface area (Å²) in [6, 6.07) is 19.9. The number of ether oxygens (including phenoxy) is 2. The molecule has 2 saturated heterocycles. The lowest BCUT2D eigenvalue weighted by Crippen LogP contribution is -2.46. The van der Waals surface area contributed by atoms with Gasteiger partial charge in [0.15, 0.2) is 0 Å². The van der Waals surface area contributed by atoms with Gasteiger partial charge in [0.1, 0.15) is 48.6 Å². The van der Waals surface area contributed by atoms with E-state index in [0.717, 1.165) is 67.9 Å². The molecule has 2 atom stereocenters. The molecule has 7 rings (SSSR count). The highest BCUT2D eigenvalue weighted by Crippen LogP contribution is 2.42. The number of hydrogen-bond acceptors (Lipinski definition) is 8. The second kappa shape index (κ2) is 14.4. The van der Waals surface area contributed by atoms with E-state index >= 15 is 0 Å². The van der Waals surface area contributed by atoms with Gasteiger partial charge in [0.2, 0.25) is 0 Å². The zero-order valence-corrected chi connectivity index (χ0v) is 28.4. The summed E-state index contributed by atoms with van der Waals surface area (Å²) < 4.78 is 46.1. The van der Waals surface area contributed by atoms with E-state index in [9.17, 15) is 13.6 Å². The van der Waals surface area contributed by atoms with Gasteiger partial charge in [-0.05, 0) is 80.3 Å². The minimum Gasteiger partial charge on any atom is -0.491 e. The minimum atomic E-state index is -1.01. The molecule has 0 unspecified atom stereocenters. The van der Waals surface area contributed by atoms with Crippen molar-refractivity contribution in [1.29, 1.82) is 0 Å². The van der Waals surface area contributed by atoms with Crippen LogP contribution in [0.5, 0.6) is 5.75 Å². The standard InChI is InChI=1S/C37H42F2N8O3/c1-3-28(4-2)47-36(48)46(26-42-47)31-8-6-29(7-9-31)43-17-19-44(20-18-43)30-10-12-32(13-11-30)49-22-33-15-16-37(50-33,23-45-25-40-24-41-45)34-14-5-27(38)21-35(34)39/h5-14,21,24-26,28,33H,3-4,15-20,22-23H2,1-2H3/t33-,37+/m0/s1. The monoisotopic (exact) mass is 684 g/mol. The molecule has 0 bridgehead atoms. The molecule has 4 heterocycles. The molecule has 3 aromatic carbocycles. The first-order valence-electron chi connectivity index (χ1n) is 17.3. The lowest BCUT2D eigenvalue weighted by molar-refractivity contribution is -0.0734. The molecule has 13 heteroatoms. The molecule has 0 spiro atoms. The number of halogens is 2. The van der Waals surface area contributed by atoms with Gasteiger partial charge >= 0.3 is 5.69 Å². The summed E-state index contributed by atoms with van der Waals surface area (Å²) in [5.74, 6) is -0.550. The SMILES string of the molecule is CCC(CC)n1ncn(-c2ccc(N3CCN(c4ccc(OC[C@@H]5CC[C@@](Cn6cncn6)(c6ccc(F)cc6F)O5)cc4)CC3)cc2)c1=O. The van der Waals surface area contributed by atoms with Crippen molar-refractivity contribution in [1.82, 2.24) is 29.1 Å². The Morgan fingerprint density at radius 2 is 1.54 bits per heavy atom. The second-order valence-corrected chi connectivity index (χ2v) is 13.0. The van der Waals surface area contributed by atoms with Crippen molar-refractivity contribution in [3.63, 3.8) is 0 Å². The fraction of sp³-hybridized carbons (Fsp3) is 0.405. The lowest BCUT2D eigenvalue weighted by Gasteiger charge is -2.37. The van der Waals surface area contributed by atoms with Crippen LogP contribution in [0.2, 0.25) is 0 Å². The zero-order chi connectivity index (χ0) is 34.7. The van der Waals surface area contributed by atoms with Crippen molar-refractivity contribution in [3.8, 4) is 11.4 Å². The van der Waals surface area contributed by atoms with Gasteiger partial charge in [0, 0.05) is 49.2 Å². The third kappa shape index (κ3) is 6.87. The summed E-state index contributed by atoms with van der Waals surface area (Å²) in [5.41, 5.74) is 2.24. The Labute approximate surface area is 289 Å². The minimum absolute atomic E-state index is 0.107. The van der Waals surface area contributed by atoms with Gasteiger partial charge in [-0.1, -0.05) is 19.9 Å². The molecule has 262 valence electrons. The normalized spacial score (nSPS) is 19.4. The molecule has 0 saturated carbocycles. The Morgan fingerprint density at radius 3 is 2.16 bits per heavy atom. The van der Waals surface area contributed by atoms with Gasteiger partial charge in [-0.15, -0.1) is 0 Å². The van der Waals surface area contributed by atoms with Crippen LogP contribution in [0.15, 0.2) is 90.5 Å². The maximum Gasteiger partial charge on any atom is 0.350 e. The Balaban J connectivity index is 0.924. The molecule has 2 aliphatic rings. The van der Waals surface area contributed by atoms with E-state index in [1.54, 1.807) is 26.6 Å².